The molecule has 1 saturated heterocycles. The van der Waals surface area contributed by atoms with Crippen molar-refractivity contribution in [2.75, 3.05) is 32.8 Å². The average molecular weight is 363 g/mol. The summed E-state index contributed by atoms with van der Waals surface area (Å²) < 4.78 is 5.52. The minimum atomic E-state index is 0. The number of aromatic hydroxyl groups is 1. The molecule has 0 radical (unpaired) electrons. The number of para-hydroxylation sites is 1. The van der Waals surface area contributed by atoms with E-state index in [0.29, 0.717) is 12.4 Å². The van der Waals surface area contributed by atoms with Crippen LogP contribution in [0.25, 0.3) is 0 Å². The summed E-state index contributed by atoms with van der Waals surface area (Å²) in [4.78, 5) is 2.44. The molecule has 0 spiro atoms. The molecule has 0 bridgehead atoms. The molecule has 4 nitrogen and oxygen atoms in total. The Balaban J connectivity index is 0.00000242. The van der Waals surface area contributed by atoms with Crippen LogP contribution in [-0.4, -0.2) is 42.8 Å². The molecule has 0 aliphatic carbocycles. The predicted molar refractivity (Wildman–Crippen MR) is 100 cm³/mol. The second-order valence-corrected chi connectivity index (χ2v) is 5.29. The summed E-state index contributed by atoms with van der Waals surface area (Å²) >= 11 is 0. The Kier molecular flexibility index (Phi) is 11.1. The molecule has 132 valence electrons. The topological polar surface area (TPSA) is 44.7 Å². The lowest BCUT2D eigenvalue weighted by Crippen LogP contribution is -2.45. The Labute approximate surface area is 151 Å². The third-order valence-electron chi connectivity index (χ3n) is 3.93. The van der Waals surface area contributed by atoms with E-state index >= 15 is 0 Å². The maximum absolute atomic E-state index is 10.5. The van der Waals surface area contributed by atoms with Crippen LogP contribution < -0.4 is 10.1 Å². The molecule has 1 aromatic rings. The van der Waals surface area contributed by atoms with E-state index in [1.807, 2.05) is 31.2 Å². The van der Waals surface area contributed by atoms with Crippen molar-refractivity contribution in [1.29, 1.82) is 0 Å². The monoisotopic (exact) mass is 362 g/mol. The highest BCUT2D eigenvalue weighted by molar-refractivity contribution is 5.85. The molecule has 1 atom stereocenters. The standard InChI is InChI=1S/C17H26N2O2.2ClH/c1-3-5-8-15(19-12-10-18-11-13-19)14-7-6-9-16(17(14)20)21-4-2;;/h3,6-7,9,15,18,20H,1,4-5,8,10-13H2,2H3;2*1H/t15-;;/m1../s1. The number of allylic oxidation sites excluding steroid dienone is 1. The van der Waals surface area contributed by atoms with Gasteiger partial charge in [0.05, 0.1) is 6.61 Å². The number of benzene rings is 1. The van der Waals surface area contributed by atoms with Gasteiger partial charge in [-0.25, -0.2) is 0 Å². The summed E-state index contributed by atoms with van der Waals surface area (Å²) in [5.41, 5.74) is 0.963. The zero-order chi connectivity index (χ0) is 15.1. The van der Waals surface area contributed by atoms with Crippen LogP contribution in [0.2, 0.25) is 0 Å². The SMILES string of the molecule is C=CCC[C@H](c1cccc(OCC)c1O)N1CCNCC1.Cl.Cl. The van der Waals surface area contributed by atoms with Gasteiger partial charge in [-0.3, -0.25) is 4.90 Å². The van der Waals surface area contributed by atoms with Crippen molar-refractivity contribution in [3.63, 3.8) is 0 Å². The van der Waals surface area contributed by atoms with Gasteiger partial charge in [0, 0.05) is 37.8 Å². The molecule has 0 aromatic heterocycles. The zero-order valence-electron chi connectivity index (χ0n) is 13.7. The molecule has 2 N–H and O–H groups in total. The summed E-state index contributed by atoms with van der Waals surface area (Å²) in [6.45, 7) is 10.3. The first kappa shape index (κ1) is 22.1. The van der Waals surface area contributed by atoms with Gasteiger partial charge in [-0.2, -0.15) is 0 Å². The summed E-state index contributed by atoms with van der Waals surface area (Å²) in [6.07, 6.45) is 3.85. The van der Waals surface area contributed by atoms with Crippen LogP contribution in [0.4, 0.5) is 0 Å². The van der Waals surface area contributed by atoms with Crippen LogP contribution in [0.5, 0.6) is 11.5 Å². The van der Waals surface area contributed by atoms with Gasteiger partial charge in [0.1, 0.15) is 0 Å². The van der Waals surface area contributed by atoms with E-state index in [4.69, 9.17) is 4.74 Å². The van der Waals surface area contributed by atoms with Gasteiger partial charge in [0.2, 0.25) is 0 Å². The van der Waals surface area contributed by atoms with E-state index in [0.717, 1.165) is 44.6 Å². The summed E-state index contributed by atoms with van der Waals surface area (Å²) in [6, 6.07) is 6.01. The molecule has 6 heteroatoms. The average Bonchev–Trinajstić information content (AvgIpc) is 2.52. The Morgan fingerprint density at radius 3 is 2.65 bits per heavy atom. The number of rotatable bonds is 7. The number of piperazine rings is 1. The molecule has 1 aliphatic heterocycles. The number of hydrogen-bond acceptors (Lipinski definition) is 4. The van der Waals surface area contributed by atoms with E-state index in [9.17, 15) is 5.11 Å². The summed E-state index contributed by atoms with van der Waals surface area (Å²) in [5, 5.41) is 13.9. The van der Waals surface area contributed by atoms with Crippen molar-refractivity contribution in [3.05, 3.63) is 36.4 Å². The minimum absolute atomic E-state index is 0. The largest absolute Gasteiger partial charge is 0.504 e. The van der Waals surface area contributed by atoms with Crippen molar-refractivity contribution in [1.82, 2.24) is 10.2 Å². The van der Waals surface area contributed by atoms with Gasteiger partial charge in [0.15, 0.2) is 11.5 Å². The number of hydrogen-bond donors (Lipinski definition) is 2. The third-order valence-corrected chi connectivity index (χ3v) is 3.93. The number of nitrogens with one attached hydrogen (secondary N) is 1. The van der Waals surface area contributed by atoms with Gasteiger partial charge < -0.3 is 15.2 Å². The maximum Gasteiger partial charge on any atom is 0.162 e. The number of nitrogens with zero attached hydrogens (tertiary/aromatic N) is 1. The number of phenols is 1. The van der Waals surface area contributed by atoms with Gasteiger partial charge >= 0.3 is 0 Å². The van der Waals surface area contributed by atoms with E-state index in [2.05, 4.69) is 16.8 Å². The van der Waals surface area contributed by atoms with Crippen molar-refractivity contribution >= 4 is 24.8 Å². The highest BCUT2D eigenvalue weighted by Crippen LogP contribution is 2.38. The van der Waals surface area contributed by atoms with E-state index in [-0.39, 0.29) is 36.6 Å². The molecule has 2 rings (SSSR count). The predicted octanol–water partition coefficient (Wildman–Crippen LogP) is 3.55. The van der Waals surface area contributed by atoms with Gasteiger partial charge in [0.25, 0.3) is 0 Å². The first-order valence-electron chi connectivity index (χ1n) is 7.78. The van der Waals surface area contributed by atoms with E-state index in [1.165, 1.54) is 0 Å². The first-order valence-corrected chi connectivity index (χ1v) is 7.78. The lowest BCUT2D eigenvalue weighted by molar-refractivity contribution is 0.163. The smallest absolute Gasteiger partial charge is 0.162 e. The molecule has 0 saturated carbocycles. The Bertz CT molecular complexity index is 466. The van der Waals surface area contributed by atoms with Gasteiger partial charge in [-0.05, 0) is 25.8 Å². The lowest BCUT2D eigenvalue weighted by atomic mass is 9.98. The first-order chi connectivity index (χ1) is 10.3. The molecule has 23 heavy (non-hydrogen) atoms. The fourth-order valence-corrected chi connectivity index (χ4v) is 2.88. The number of halogens is 2. The minimum Gasteiger partial charge on any atom is -0.504 e. The fraction of sp³-hybridized carbons (Fsp3) is 0.529. The van der Waals surface area contributed by atoms with E-state index < -0.39 is 0 Å². The van der Waals surface area contributed by atoms with Crippen molar-refractivity contribution < 1.29 is 9.84 Å². The third kappa shape index (κ3) is 5.88. The van der Waals surface area contributed by atoms with Crippen LogP contribution in [0.1, 0.15) is 31.4 Å². The van der Waals surface area contributed by atoms with Gasteiger partial charge in [-0.15, -0.1) is 31.4 Å². The van der Waals surface area contributed by atoms with Crippen LogP contribution in [0, 0.1) is 0 Å². The number of ether oxygens (including phenoxy) is 1. The van der Waals surface area contributed by atoms with Crippen molar-refractivity contribution in [3.8, 4) is 11.5 Å². The second-order valence-electron chi connectivity index (χ2n) is 5.29. The Morgan fingerprint density at radius 1 is 1.35 bits per heavy atom. The molecule has 0 amide bonds. The van der Waals surface area contributed by atoms with E-state index in [1.54, 1.807) is 0 Å². The second kappa shape index (κ2) is 11.6. The highest BCUT2D eigenvalue weighted by Gasteiger charge is 2.25. The van der Waals surface area contributed by atoms with Crippen LogP contribution in [0.3, 0.4) is 0 Å². The summed E-state index contributed by atoms with van der Waals surface area (Å²) in [5.74, 6) is 0.862. The Hall–Kier alpha value is -0.940. The van der Waals surface area contributed by atoms with Gasteiger partial charge in [-0.1, -0.05) is 18.2 Å². The maximum atomic E-state index is 10.5. The molecular weight excluding hydrogens is 335 g/mol. The van der Waals surface area contributed by atoms with Crippen molar-refractivity contribution in [2.45, 2.75) is 25.8 Å². The van der Waals surface area contributed by atoms with Crippen LogP contribution in [0.15, 0.2) is 30.9 Å². The quantitative estimate of drug-likeness (QED) is 0.728. The zero-order valence-corrected chi connectivity index (χ0v) is 15.3. The fourth-order valence-electron chi connectivity index (χ4n) is 2.88. The molecule has 1 heterocycles. The molecule has 1 aliphatic rings. The Morgan fingerprint density at radius 2 is 2.04 bits per heavy atom. The lowest BCUT2D eigenvalue weighted by Gasteiger charge is -2.35. The molecule has 1 aromatic carbocycles. The van der Waals surface area contributed by atoms with Crippen LogP contribution in [-0.2, 0) is 0 Å². The molecule has 1 fully saturated rings. The molecule has 0 unspecified atom stereocenters. The van der Waals surface area contributed by atoms with Crippen molar-refractivity contribution in [2.24, 2.45) is 0 Å². The molecular formula is C17H28Cl2N2O2. The highest BCUT2D eigenvalue weighted by atomic mass is 35.5. The normalized spacial score (nSPS) is 15.9. The summed E-state index contributed by atoms with van der Waals surface area (Å²) in [7, 11) is 0. The number of phenolic OH excluding ortho intramolecular Hbond substituents is 1. The van der Waals surface area contributed by atoms with Crippen LogP contribution >= 0.6 is 24.8 Å².